The molecule has 1 heterocycles. The Morgan fingerprint density at radius 3 is 2.60 bits per heavy atom. The van der Waals surface area contributed by atoms with Crippen molar-refractivity contribution in [3.8, 4) is 5.88 Å². The minimum Gasteiger partial charge on any atom is -0.477 e. The molecule has 84 valence electrons. The zero-order valence-electron chi connectivity index (χ0n) is 9.29. The number of pyridine rings is 1. The number of methoxy groups -OCH3 is 1. The molecule has 0 spiro atoms. The van der Waals surface area contributed by atoms with E-state index in [2.05, 4.69) is 34.8 Å². The number of halogens is 1. The highest BCUT2D eigenvalue weighted by molar-refractivity contribution is 9.10. The standard InChI is InChI=1S/C11H16BrNO2/c1-11(2,7-14-3)8-15-10-5-4-9(12)6-13-10/h4-6H,7-8H2,1-3H3. The maximum Gasteiger partial charge on any atom is 0.213 e. The van der Waals surface area contributed by atoms with E-state index in [1.165, 1.54) is 0 Å². The van der Waals surface area contributed by atoms with Crippen molar-refractivity contribution in [1.82, 2.24) is 4.98 Å². The van der Waals surface area contributed by atoms with E-state index in [0.717, 1.165) is 4.47 Å². The molecule has 0 fully saturated rings. The van der Waals surface area contributed by atoms with Gasteiger partial charge in [0.15, 0.2) is 0 Å². The van der Waals surface area contributed by atoms with Crippen molar-refractivity contribution in [3.05, 3.63) is 22.8 Å². The first-order valence-electron chi connectivity index (χ1n) is 4.77. The van der Waals surface area contributed by atoms with Crippen molar-refractivity contribution in [3.63, 3.8) is 0 Å². The van der Waals surface area contributed by atoms with Crippen LogP contribution in [0.5, 0.6) is 5.88 Å². The Kier molecular flexibility index (Phi) is 4.54. The van der Waals surface area contributed by atoms with Gasteiger partial charge in [0.05, 0.1) is 13.2 Å². The Morgan fingerprint density at radius 2 is 2.07 bits per heavy atom. The maximum absolute atomic E-state index is 5.57. The van der Waals surface area contributed by atoms with E-state index in [1.54, 1.807) is 13.3 Å². The molecule has 4 heteroatoms. The van der Waals surface area contributed by atoms with E-state index in [4.69, 9.17) is 9.47 Å². The van der Waals surface area contributed by atoms with Crippen LogP contribution < -0.4 is 4.74 Å². The van der Waals surface area contributed by atoms with Crippen molar-refractivity contribution in [2.75, 3.05) is 20.3 Å². The Balaban J connectivity index is 2.46. The van der Waals surface area contributed by atoms with Crippen LogP contribution in [0.4, 0.5) is 0 Å². The Labute approximate surface area is 98.9 Å². The van der Waals surface area contributed by atoms with Gasteiger partial charge in [-0.3, -0.25) is 0 Å². The van der Waals surface area contributed by atoms with Gasteiger partial charge >= 0.3 is 0 Å². The molecule has 0 aliphatic heterocycles. The molecule has 1 aromatic heterocycles. The lowest BCUT2D eigenvalue weighted by Crippen LogP contribution is -2.26. The fourth-order valence-electron chi connectivity index (χ4n) is 1.15. The first-order chi connectivity index (χ1) is 7.03. The van der Waals surface area contributed by atoms with E-state index in [1.807, 2.05) is 12.1 Å². The Bertz CT molecular complexity index is 298. The van der Waals surface area contributed by atoms with Crippen LogP contribution in [0.3, 0.4) is 0 Å². The largest absolute Gasteiger partial charge is 0.477 e. The lowest BCUT2D eigenvalue weighted by Gasteiger charge is -2.23. The second kappa shape index (κ2) is 5.47. The van der Waals surface area contributed by atoms with Gasteiger partial charge in [-0.1, -0.05) is 13.8 Å². The molecule has 0 amide bonds. The molecule has 1 rings (SSSR count). The number of hydrogen-bond donors (Lipinski definition) is 0. The lowest BCUT2D eigenvalue weighted by atomic mass is 9.96. The summed E-state index contributed by atoms with van der Waals surface area (Å²) >= 11 is 3.32. The summed E-state index contributed by atoms with van der Waals surface area (Å²) in [6, 6.07) is 3.75. The van der Waals surface area contributed by atoms with Crippen LogP contribution in [0.15, 0.2) is 22.8 Å². The molecule has 0 unspecified atom stereocenters. The highest BCUT2D eigenvalue weighted by Gasteiger charge is 2.18. The van der Waals surface area contributed by atoms with Gasteiger partial charge in [0.2, 0.25) is 5.88 Å². The van der Waals surface area contributed by atoms with Crippen LogP contribution in [0.1, 0.15) is 13.8 Å². The van der Waals surface area contributed by atoms with E-state index >= 15 is 0 Å². The summed E-state index contributed by atoms with van der Waals surface area (Å²) in [4.78, 5) is 4.13. The highest BCUT2D eigenvalue weighted by Crippen LogP contribution is 2.18. The van der Waals surface area contributed by atoms with E-state index in [-0.39, 0.29) is 5.41 Å². The van der Waals surface area contributed by atoms with Gasteiger partial charge in [-0.05, 0) is 22.0 Å². The highest BCUT2D eigenvalue weighted by atomic mass is 79.9. The van der Waals surface area contributed by atoms with Gasteiger partial charge in [0, 0.05) is 29.3 Å². The molecule has 0 radical (unpaired) electrons. The molecule has 3 nitrogen and oxygen atoms in total. The number of nitrogens with zero attached hydrogens (tertiary/aromatic N) is 1. The van der Waals surface area contributed by atoms with Gasteiger partial charge in [0.25, 0.3) is 0 Å². The molecular formula is C11H16BrNO2. The zero-order valence-corrected chi connectivity index (χ0v) is 10.9. The van der Waals surface area contributed by atoms with Crippen LogP contribution in [-0.4, -0.2) is 25.3 Å². The number of rotatable bonds is 5. The molecule has 1 aromatic rings. The summed E-state index contributed by atoms with van der Waals surface area (Å²) in [7, 11) is 1.69. The van der Waals surface area contributed by atoms with Gasteiger partial charge in [0.1, 0.15) is 0 Å². The molecule has 15 heavy (non-hydrogen) atoms. The summed E-state index contributed by atoms with van der Waals surface area (Å²) in [5, 5.41) is 0. The SMILES string of the molecule is COCC(C)(C)COc1ccc(Br)cn1. The van der Waals surface area contributed by atoms with Crippen molar-refractivity contribution in [2.45, 2.75) is 13.8 Å². The predicted octanol–water partition coefficient (Wildman–Crippen LogP) is 2.90. The van der Waals surface area contributed by atoms with E-state index < -0.39 is 0 Å². The van der Waals surface area contributed by atoms with Crippen LogP contribution >= 0.6 is 15.9 Å². The first-order valence-corrected chi connectivity index (χ1v) is 5.56. The molecule has 0 bridgehead atoms. The third-order valence-electron chi connectivity index (χ3n) is 1.85. The summed E-state index contributed by atoms with van der Waals surface area (Å²) < 4.78 is 11.6. The third-order valence-corrected chi connectivity index (χ3v) is 2.32. The second-order valence-corrected chi connectivity index (χ2v) is 5.12. The summed E-state index contributed by atoms with van der Waals surface area (Å²) in [6.45, 7) is 5.45. The average molecular weight is 274 g/mol. The van der Waals surface area contributed by atoms with Gasteiger partial charge in [-0.2, -0.15) is 0 Å². The average Bonchev–Trinajstić information content (AvgIpc) is 2.17. The molecule has 0 saturated carbocycles. The maximum atomic E-state index is 5.57. The van der Waals surface area contributed by atoms with Gasteiger partial charge in [-0.25, -0.2) is 4.98 Å². The van der Waals surface area contributed by atoms with Crippen molar-refractivity contribution in [2.24, 2.45) is 5.41 Å². The van der Waals surface area contributed by atoms with E-state index in [9.17, 15) is 0 Å². The molecule has 0 saturated heterocycles. The Hall–Kier alpha value is -0.610. The minimum atomic E-state index is 0.00348. The number of hydrogen-bond acceptors (Lipinski definition) is 3. The molecule has 0 aliphatic carbocycles. The van der Waals surface area contributed by atoms with Crippen LogP contribution in [0, 0.1) is 5.41 Å². The van der Waals surface area contributed by atoms with Crippen LogP contribution in [0.25, 0.3) is 0 Å². The van der Waals surface area contributed by atoms with Crippen molar-refractivity contribution >= 4 is 15.9 Å². The van der Waals surface area contributed by atoms with E-state index in [0.29, 0.717) is 19.1 Å². The predicted molar refractivity (Wildman–Crippen MR) is 63.1 cm³/mol. The normalized spacial score (nSPS) is 11.5. The molecule has 0 aliphatic rings. The summed E-state index contributed by atoms with van der Waals surface area (Å²) in [5.41, 5.74) is 0.00348. The second-order valence-electron chi connectivity index (χ2n) is 4.20. The zero-order chi connectivity index (χ0) is 11.3. The third kappa shape index (κ3) is 4.62. The van der Waals surface area contributed by atoms with Crippen molar-refractivity contribution in [1.29, 1.82) is 0 Å². The molecular weight excluding hydrogens is 258 g/mol. The quantitative estimate of drug-likeness (QED) is 0.827. The first kappa shape index (κ1) is 12.5. The van der Waals surface area contributed by atoms with Crippen LogP contribution in [-0.2, 0) is 4.74 Å². The topological polar surface area (TPSA) is 31.4 Å². The van der Waals surface area contributed by atoms with Gasteiger partial charge < -0.3 is 9.47 Å². The van der Waals surface area contributed by atoms with Crippen LogP contribution in [0.2, 0.25) is 0 Å². The minimum absolute atomic E-state index is 0.00348. The lowest BCUT2D eigenvalue weighted by molar-refractivity contribution is 0.0628. The molecule has 0 aromatic carbocycles. The smallest absolute Gasteiger partial charge is 0.213 e. The molecule has 0 atom stereocenters. The van der Waals surface area contributed by atoms with Crippen molar-refractivity contribution < 1.29 is 9.47 Å². The Morgan fingerprint density at radius 1 is 1.33 bits per heavy atom. The molecule has 0 N–H and O–H groups in total. The summed E-state index contributed by atoms with van der Waals surface area (Å²) in [5.74, 6) is 0.641. The fraction of sp³-hybridized carbons (Fsp3) is 0.545. The number of aromatic nitrogens is 1. The van der Waals surface area contributed by atoms with Gasteiger partial charge in [-0.15, -0.1) is 0 Å². The fourth-order valence-corrected chi connectivity index (χ4v) is 1.38. The monoisotopic (exact) mass is 273 g/mol. The summed E-state index contributed by atoms with van der Waals surface area (Å²) in [6.07, 6.45) is 1.72. The number of ether oxygens (including phenoxy) is 2.